The number of fused-ring (bicyclic) bond motifs is 1. The summed E-state index contributed by atoms with van der Waals surface area (Å²) in [6.07, 6.45) is 2.31. The molecule has 0 spiro atoms. The van der Waals surface area contributed by atoms with Crippen LogP contribution in [-0.2, 0) is 4.74 Å². The number of hydrogen-bond acceptors (Lipinski definition) is 2. The van der Waals surface area contributed by atoms with Crippen LogP contribution in [0.1, 0.15) is 31.4 Å². The highest BCUT2D eigenvalue weighted by Gasteiger charge is 2.26. The molecular weight excluding hydrogens is 326 g/mol. The number of nitrogens with one attached hydrogen (secondary N) is 1. The van der Waals surface area contributed by atoms with Gasteiger partial charge < -0.3 is 10.1 Å². The van der Waals surface area contributed by atoms with Crippen LogP contribution >= 0.6 is 15.9 Å². The Bertz CT molecular complexity index is 607. The van der Waals surface area contributed by atoms with E-state index in [1.54, 1.807) is 0 Å². The molecule has 2 aromatic rings. The Hall–Kier alpha value is -0.900. The molecule has 0 bridgehead atoms. The zero-order valence-electron chi connectivity index (χ0n) is 12.4. The summed E-state index contributed by atoms with van der Waals surface area (Å²) in [5.41, 5.74) is 1.38. The second-order valence-corrected chi connectivity index (χ2v) is 6.72. The second kappa shape index (κ2) is 6.91. The number of halogens is 1. The summed E-state index contributed by atoms with van der Waals surface area (Å²) in [4.78, 5) is 0. The molecule has 2 aromatic carbocycles. The van der Waals surface area contributed by atoms with Crippen molar-refractivity contribution in [1.82, 2.24) is 5.32 Å². The SMILES string of the molecule is CCCNC(c1ccc2cc(Br)ccc2c1)C1CCOC1. The van der Waals surface area contributed by atoms with Gasteiger partial charge in [-0.3, -0.25) is 0 Å². The molecule has 0 saturated carbocycles. The van der Waals surface area contributed by atoms with Crippen molar-refractivity contribution >= 4 is 26.7 Å². The first-order chi connectivity index (χ1) is 10.3. The maximum Gasteiger partial charge on any atom is 0.0513 e. The van der Waals surface area contributed by atoms with Crippen molar-refractivity contribution in [3.05, 3.63) is 46.4 Å². The fourth-order valence-electron chi connectivity index (χ4n) is 3.10. The molecule has 2 unspecified atom stereocenters. The lowest BCUT2D eigenvalue weighted by Gasteiger charge is -2.24. The normalized spacial score (nSPS) is 20.0. The number of rotatable bonds is 5. The third kappa shape index (κ3) is 3.47. The van der Waals surface area contributed by atoms with E-state index in [4.69, 9.17) is 4.74 Å². The van der Waals surface area contributed by atoms with Gasteiger partial charge in [0.25, 0.3) is 0 Å². The zero-order chi connectivity index (χ0) is 14.7. The minimum Gasteiger partial charge on any atom is -0.381 e. The van der Waals surface area contributed by atoms with E-state index in [1.807, 2.05) is 0 Å². The quantitative estimate of drug-likeness (QED) is 0.847. The van der Waals surface area contributed by atoms with Crippen LogP contribution in [0.15, 0.2) is 40.9 Å². The van der Waals surface area contributed by atoms with Crippen molar-refractivity contribution in [1.29, 1.82) is 0 Å². The fourth-order valence-corrected chi connectivity index (χ4v) is 3.48. The molecule has 0 amide bonds. The van der Waals surface area contributed by atoms with Crippen LogP contribution in [0.5, 0.6) is 0 Å². The molecule has 2 nitrogen and oxygen atoms in total. The molecular formula is C18H22BrNO. The Kier molecular flexibility index (Phi) is 4.94. The van der Waals surface area contributed by atoms with Gasteiger partial charge in [0.05, 0.1) is 6.61 Å². The average molecular weight is 348 g/mol. The maximum atomic E-state index is 5.60. The number of benzene rings is 2. The van der Waals surface area contributed by atoms with Gasteiger partial charge in [0, 0.05) is 23.0 Å². The highest BCUT2D eigenvalue weighted by molar-refractivity contribution is 9.10. The molecule has 112 valence electrons. The fraction of sp³-hybridized carbons (Fsp3) is 0.444. The van der Waals surface area contributed by atoms with E-state index in [9.17, 15) is 0 Å². The molecule has 3 heteroatoms. The molecule has 0 radical (unpaired) electrons. The van der Waals surface area contributed by atoms with E-state index in [0.29, 0.717) is 12.0 Å². The summed E-state index contributed by atoms with van der Waals surface area (Å²) in [5.74, 6) is 0.587. The Labute approximate surface area is 135 Å². The first-order valence-electron chi connectivity index (χ1n) is 7.78. The van der Waals surface area contributed by atoms with Crippen LogP contribution < -0.4 is 5.32 Å². The van der Waals surface area contributed by atoms with Crippen LogP contribution in [0.2, 0.25) is 0 Å². The van der Waals surface area contributed by atoms with Crippen molar-refractivity contribution in [2.45, 2.75) is 25.8 Å². The number of hydrogen-bond donors (Lipinski definition) is 1. The Morgan fingerprint density at radius 1 is 1.24 bits per heavy atom. The lowest BCUT2D eigenvalue weighted by molar-refractivity contribution is 0.176. The van der Waals surface area contributed by atoms with Crippen LogP contribution in [-0.4, -0.2) is 19.8 Å². The summed E-state index contributed by atoms with van der Waals surface area (Å²) in [5, 5.41) is 6.30. The van der Waals surface area contributed by atoms with E-state index in [2.05, 4.69) is 64.6 Å². The first kappa shape index (κ1) is 15.0. The van der Waals surface area contributed by atoms with Gasteiger partial charge in [0.1, 0.15) is 0 Å². The van der Waals surface area contributed by atoms with Crippen LogP contribution in [0.25, 0.3) is 10.8 Å². The summed E-state index contributed by atoms with van der Waals surface area (Å²) in [6.45, 7) is 5.04. The Morgan fingerprint density at radius 2 is 2.05 bits per heavy atom. The average Bonchev–Trinajstić information content (AvgIpc) is 3.02. The Morgan fingerprint density at radius 3 is 2.81 bits per heavy atom. The van der Waals surface area contributed by atoms with Gasteiger partial charge >= 0.3 is 0 Å². The highest BCUT2D eigenvalue weighted by Crippen LogP contribution is 2.31. The second-order valence-electron chi connectivity index (χ2n) is 5.81. The molecule has 1 N–H and O–H groups in total. The molecule has 1 fully saturated rings. The van der Waals surface area contributed by atoms with Crippen molar-refractivity contribution < 1.29 is 4.74 Å². The van der Waals surface area contributed by atoms with Crippen LogP contribution in [0.4, 0.5) is 0 Å². The number of ether oxygens (including phenoxy) is 1. The zero-order valence-corrected chi connectivity index (χ0v) is 14.0. The van der Waals surface area contributed by atoms with E-state index in [-0.39, 0.29) is 0 Å². The molecule has 0 aromatic heterocycles. The molecule has 1 aliphatic heterocycles. The van der Waals surface area contributed by atoms with Gasteiger partial charge in [-0.15, -0.1) is 0 Å². The third-order valence-corrected chi connectivity index (χ3v) is 4.73. The standard InChI is InChI=1S/C18H22BrNO/c1-2-8-20-18(16-7-9-21-12-16)15-4-3-14-11-17(19)6-5-13(14)10-15/h3-6,10-11,16,18,20H,2,7-9,12H2,1H3. The van der Waals surface area contributed by atoms with Gasteiger partial charge in [0.15, 0.2) is 0 Å². The predicted molar refractivity (Wildman–Crippen MR) is 91.6 cm³/mol. The van der Waals surface area contributed by atoms with Crippen molar-refractivity contribution in [3.63, 3.8) is 0 Å². The first-order valence-corrected chi connectivity index (χ1v) is 8.57. The summed E-state index contributed by atoms with van der Waals surface area (Å²) < 4.78 is 6.73. The molecule has 0 aliphatic carbocycles. The van der Waals surface area contributed by atoms with Gasteiger partial charge in [-0.25, -0.2) is 0 Å². The van der Waals surface area contributed by atoms with E-state index < -0.39 is 0 Å². The molecule has 21 heavy (non-hydrogen) atoms. The van der Waals surface area contributed by atoms with Gasteiger partial charge in [-0.1, -0.05) is 41.1 Å². The molecule has 1 heterocycles. The van der Waals surface area contributed by atoms with Crippen LogP contribution in [0, 0.1) is 5.92 Å². The topological polar surface area (TPSA) is 21.3 Å². The Balaban J connectivity index is 1.91. The van der Waals surface area contributed by atoms with Gasteiger partial charge in [-0.05, 0) is 53.9 Å². The lowest BCUT2D eigenvalue weighted by atomic mass is 9.91. The van der Waals surface area contributed by atoms with Crippen molar-refractivity contribution in [2.75, 3.05) is 19.8 Å². The minimum absolute atomic E-state index is 0.403. The molecule has 2 atom stereocenters. The lowest BCUT2D eigenvalue weighted by Crippen LogP contribution is -2.29. The third-order valence-electron chi connectivity index (χ3n) is 4.24. The molecule has 1 saturated heterocycles. The van der Waals surface area contributed by atoms with Crippen molar-refractivity contribution in [3.8, 4) is 0 Å². The van der Waals surface area contributed by atoms with E-state index in [0.717, 1.165) is 37.1 Å². The largest absolute Gasteiger partial charge is 0.381 e. The summed E-state index contributed by atoms with van der Waals surface area (Å²) in [7, 11) is 0. The summed E-state index contributed by atoms with van der Waals surface area (Å²) in [6, 6.07) is 13.7. The summed E-state index contributed by atoms with van der Waals surface area (Å²) >= 11 is 3.54. The smallest absolute Gasteiger partial charge is 0.0513 e. The highest BCUT2D eigenvalue weighted by atomic mass is 79.9. The van der Waals surface area contributed by atoms with E-state index >= 15 is 0 Å². The van der Waals surface area contributed by atoms with Crippen LogP contribution in [0.3, 0.4) is 0 Å². The predicted octanol–water partition coefficient (Wildman–Crippen LogP) is 4.68. The van der Waals surface area contributed by atoms with Crippen molar-refractivity contribution in [2.24, 2.45) is 5.92 Å². The van der Waals surface area contributed by atoms with E-state index in [1.165, 1.54) is 16.3 Å². The molecule has 1 aliphatic rings. The molecule has 3 rings (SSSR count). The van der Waals surface area contributed by atoms with Gasteiger partial charge in [-0.2, -0.15) is 0 Å². The maximum absolute atomic E-state index is 5.60. The monoisotopic (exact) mass is 347 g/mol. The van der Waals surface area contributed by atoms with Gasteiger partial charge in [0.2, 0.25) is 0 Å². The minimum atomic E-state index is 0.403.